The molecule has 1 unspecified atom stereocenters. The fourth-order valence-electron chi connectivity index (χ4n) is 2.38. The quantitative estimate of drug-likeness (QED) is 0.865. The average molecular weight is 246 g/mol. The van der Waals surface area contributed by atoms with Crippen LogP contribution < -0.4 is 5.48 Å². The minimum absolute atomic E-state index is 0.00506. The SMILES string of the molecule is FC[C@]1(c2cccc(Cl)c2F)NOC2C[C@@H]21. The first-order chi connectivity index (χ1) is 7.69. The van der Waals surface area contributed by atoms with Gasteiger partial charge in [0.1, 0.15) is 18.0 Å². The second-order valence-electron chi connectivity index (χ2n) is 4.31. The largest absolute Gasteiger partial charge is 0.297 e. The van der Waals surface area contributed by atoms with E-state index in [0.717, 1.165) is 6.42 Å². The smallest absolute Gasteiger partial charge is 0.147 e. The summed E-state index contributed by atoms with van der Waals surface area (Å²) in [6, 6.07) is 4.62. The normalized spacial score (nSPS) is 36.2. The van der Waals surface area contributed by atoms with E-state index in [4.69, 9.17) is 16.4 Å². The van der Waals surface area contributed by atoms with Crippen molar-refractivity contribution in [2.24, 2.45) is 5.92 Å². The van der Waals surface area contributed by atoms with E-state index in [1.165, 1.54) is 6.07 Å². The molecule has 1 saturated carbocycles. The highest BCUT2D eigenvalue weighted by Crippen LogP contribution is 2.53. The molecule has 0 spiro atoms. The summed E-state index contributed by atoms with van der Waals surface area (Å²) in [7, 11) is 0. The number of halogens is 3. The van der Waals surface area contributed by atoms with Crippen LogP contribution in [0, 0.1) is 11.7 Å². The Morgan fingerprint density at radius 2 is 2.38 bits per heavy atom. The molecule has 0 amide bonds. The maximum atomic E-state index is 13.9. The van der Waals surface area contributed by atoms with E-state index in [0.29, 0.717) is 0 Å². The number of nitrogens with one attached hydrogen (secondary N) is 1. The predicted molar refractivity (Wildman–Crippen MR) is 55.2 cm³/mol. The number of benzene rings is 1. The molecule has 2 fully saturated rings. The van der Waals surface area contributed by atoms with Gasteiger partial charge >= 0.3 is 0 Å². The lowest BCUT2D eigenvalue weighted by molar-refractivity contribution is 0.00726. The van der Waals surface area contributed by atoms with E-state index >= 15 is 0 Å². The highest BCUT2D eigenvalue weighted by Gasteiger charge is 2.62. The van der Waals surface area contributed by atoms with Crippen molar-refractivity contribution >= 4 is 11.6 Å². The summed E-state index contributed by atoms with van der Waals surface area (Å²) < 4.78 is 27.2. The van der Waals surface area contributed by atoms with Crippen molar-refractivity contribution in [2.75, 3.05) is 6.67 Å². The number of hydrogen-bond acceptors (Lipinski definition) is 2. The fourth-order valence-corrected chi connectivity index (χ4v) is 2.55. The summed E-state index contributed by atoms with van der Waals surface area (Å²) in [6.45, 7) is -0.703. The van der Waals surface area contributed by atoms with Gasteiger partial charge in [-0.1, -0.05) is 23.7 Å². The molecular formula is C11H10ClF2NO. The minimum atomic E-state index is -1.06. The molecule has 86 valence electrons. The molecule has 1 N–H and O–H groups in total. The van der Waals surface area contributed by atoms with Crippen molar-refractivity contribution in [3.63, 3.8) is 0 Å². The standard InChI is InChI=1S/C11H10ClF2NO/c12-8-3-1-2-6(10(8)14)11(5-13)7-4-9(7)16-15-11/h1-3,7,9,15H,4-5H2/t7-,9?,11+/m0/s1. The predicted octanol–water partition coefficient (Wildman–Crippen LogP) is 2.57. The van der Waals surface area contributed by atoms with Gasteiger partial charge in [-0.25, -0.2) is 8.78 Å². The Morgan fingerprint density at radius 1 is 1.56 bits per heavy atom. The first-order valence-electron chi connectivity index (χ1n) is 5.12. The molecule has 1 aliphatic carbocycles. The lowest BCUT2D eigenvalue weighted by Gasteiger charge is -2.28. The summed E-state index contributed by atoms with van der Waals surface area (Å²) >= 11 is 5.71. The van der Waals surface area contributed by atoms with Gasteiger partial charge in [0, 0.05) is 11.5 Å². The summed E-state index contributed by atoms with van der Waals surface area (Å²) in [4.78, 5) is 5.18. The van der Waals surface area contributed by atoms with Crippen molar-refractivity contribution in [1.29, 1.82) is 0 Å². The third kappa shape index (κ3) is 1.24. The Balaban J connectivity index is 2.10. The van der Waals surface area contributed by atoms with Crippen molar-refractivity contribution in [3.8, 4) is 0 Å². The molecule has 3 atom stereocenters. The van der Waals surface area contributed by atoms with Gasteiger partial charge in [0.2, 0.25) is 0 Å². The summed E-state index contributed by atoms with van der Waals surface area (Å²) in [6.07, 6.45) is 0.775. The second-order valence-corrected chi connectivity index (χ2v) is 4.71. The van der Waals surface area contributed by atoms with Crippen LogP contribution >= 0.6 is 11.6 Å². The molecule has 3 rings (SSSR count). The highest BCUT2D eigenvalue weighted by molar-refractivity contribution is 6.30. The van der Waals surface area contributed by atoms with Crippen LogP contribution in [0.2, 0.25) is 5.02 Å². The Kier molecular flexibility index (Phi) is 2.21. The topological polar surface area (TPSA) is 21.3 Å². The first kappa shape index (κ1) is 10.4. The van der Waals surface area contributed by atoms with E-state index in [-0.39, 0.29) is 22.6 Å². The number of alkyl halides is 1. The van der Waals surface area contributed by atoms with Crippen LogP contribution in [0.15, 0.2) is 18.2 Å². The zero-order valence-electron chi connectivity index (χ0n) is 8.34. The lowest BCUT2D eigenvalue weighted by atomic mass is 9.87. The van der Waals surface area contributed by atoms with Gasteiger partial charge in [-0.2, -0.15) is 5.48 Å². The molecule has 1 aromatic rings. The monoisotopic (exact) mass is 245 g/mol. The Labute approximate surface area is 96.5 Å². The van der Waals surface area contributed by atoms with Crippen molar-refractivity contribution < 1.29 is 13.6 Å². The van der Waals surface area contributed by atoms with Gasteiger partial charge < -0.3 is 0 Å². The molecule has 2 nitrogen and oxygen atoms in total. The van der Waals surface area contributed by atoms with Gasteiger partial charge in [0.05, 0.1) is 11.1 Å². The van der Waals surface area contributed by atoms with Gasteiger partial charge in [-0.3, -0.25) is 4.84 Å². The van der Waals surface area contributed by atoms with Crippen LogP contribution in [0.5, 0.6) is 0 Å². The molecule has 16 heavy (non-hydrogen) atoms. The van der Waals surface area contributed by atoms with Crippen molar-refractivity contribution in [2.45, 2.75) is 18.1 Å². The lowest BCUT2D eigenvalue weighted by Crippen LogP contribution is -2.43. The van der Waals surface area contributed by atoms with E-state index in [9.17, 15) is 8.78 Å². The first-order valence-corrected chi connectivity index (χ1v) is 5.50. The van der Waals surface area contributed by atoms with Crippen LogP contribution in [0.4, 0.5) is 8.78 Å². The van der Waals surface area contributed by atoms with Crippen LogP contribution in [0.25, 0.3) is 0 Å². The Morgan fingerprint density at radius 3 is 2.94 bits per heavy atom. The zero-order chi connectivity index (χ0) is 11.3. The molecule has 0 aromatic heterocycles. The number of rotatable bonds is 2. The molecule has 1 aromatic carbocycles. The molecule has 1 heterocycles. The number of hydroxylamine groups is 1. The molecule has 2 aliphatic rings. The summed E-state index contributed by atoms with van der Waals surface area (Å²) in [5.41, 5.74) is 1.83. The van der Waals surface area contributed by atoms with Crippen LogP contribution in [0.3, 0.4) is 0 Å². The average Bonchev–Trinajstić information content (AvgIpc) is 2.99. The molecule has 5 heteroatoms. The summed E-state index contributed by atoms with van der Waals surface area (Å²) in [5, 5.41) is 0.0104. The van der Waals surface area contributed by atoms with Gasteiger partial charge in [0.15, 0.2) is 0 Å². The minimum Gasteiger partial charge on any atom is -0.297 e. The molecule has 0 bridgehead atoms. The van der Waals surface area contributed by atoms with Gasteiger partial charge in [-0.05, 0) is 12.5 Å². The Hall–Kier alpha value is -0.710. The van der Waals surface area contributed by atoms with Gasteiger partial charge in [0.25, 0.3) is 0 Å². The third-order valence-electron chi connectivity index (χ3n) is 3.40. The maximum absolute atomic E-state index is 13.9. The van der Waals surface area contributed by atoms with Crippen LogP contribution in [-0.4, -0.2) is 12.8 Å². The van der Waals surface area contributed by atoms with E-state index < -0.39 is 18.0 Å². The number of fused-ring (bicyclic) bond motifs is 1. The Bertz CT molecular complexity index is 442. The van der Waals surface area contributed by atoms with E-state index in [1.807, 2.05) is 0 Å². The molecule has 0 radical (unpaired) electrons. The fraction of sp³-hybridized carbons (Fsp3) is 0.455. The highest BCUT2D eigenvalue weighted by atomic mass is 35.5. The van der Waals surface area contributed by atoms with E-state index in [2.05, 4.69) is 5.48 Å². The van der Waals surface area contributed by atoms with Crippen LogP contribution in [-0.2, 0) is 10.4 Å². The van der Waals surface area contributed by atoms with Gasteiger partial charge in [-0.15, -0.1) is 0 Å². The third-order valence-corrected chi connectivity index (χ3v) is 3.69. The number of hydrogen-bond donors (Lipinski definition) is 1. The van der Waals surface area contributed by atoms with E-state index in [1.54, 1.807) is 12.1 Å². The van der Waals surface area contributed by atoms with Crippen molar-refractivity contribution in [1.82, 2.24) is 5.48 Å². The summed E-state index contributed by atoms with van der Waals surface area (Å²) in [5.74, 6) is -0.559. The zero-order valence-corrected chi connectivity index (χ0v) is 9.10. The second kappa shape index (κ2) is 3.39. The van der Waals surface area contributed by atoms with Crippen LogP contribution in [0.1, 0.15) is 12.0 Å². The van der Waals surface area contributed by atoms with Crippen molar-refractivity contribution in [3.05, 3.63) is 34.6 Å². The molecule has 1 aliphatic heterocycles. The maximum Gasteiger partial charge on any atom is 0.147 e. The molecular weight excluding hydrogens is 236 g/mol. The molecule has 1 saturated heterocycles.